The van der Waals surface area contributed by atoms with Gasteiger partial charge in [-0.1, -0.05) is 55.7 Å². The van der Waals surface area contributed by atoms with E-state index in [0.717, 1.165) is 11.7 Å². The van der Waals surface area contributed by atoms with Crippen molar-refractivity contribution in [3.63, 3.8) is 0 Å². The number of fused-ring (bicyclic) bond motifs is 1. The van der Waals surface area contributed by atoms with Crippen molar-refractivity contribution in [3.8, 4) is 0 Å². The zero-order valence-corrected chi connectivity index (χ0v) is 14.0. The van der Waals surface area contributed by atoms with Gasteiger partial charge in [-0.15, -0.1) is 0 Å². The fourth-order valence-corrected chi connectivity index (χ4v) is 3.45. The van der Waals surface area contributed by atoms with Crippen LogP contribution in [0.25, 0.3) is 10.8 Å². The molecule has 2 aromatic carbocycles. The SMILES string of the molecule is CN(Cc1ccc2ccccc2c1)C(=S)NC1CCCCC1. The van der Waals surface area contributed by atoms with Crippen molar-refractivity contribution >= 4 is 28.1 Å². The van der Waals surface area contributed by atoms with Crippen LogP contribution in [0, 0.1) is 0 Å². The van der Waals surface area contributed by atoms with Crippen molar-refractivity contribution in [2.45, 2.75) is 44.7 Å². The molecule has 1 saturated carbocycles. The quantitative estimate of drug-likeness (QED) is 0.841. The highest BCUT2D eigenvalue weighted by Crippen LogP contribution is 2.19. The number of nitrogens with one attached hydrogen (secondary N) is 1. The summed E-state index contributed by atoms with van der Waals surface area (Å²) in [7, 11) is 2.08. The monoisotopic (exact) mass is 312 g/mol. The van der Waals surface area contributed by atoms with Crippen LogP contribution in [-0.4, -0.2) is 23.1 Å². The lowest BCUT2D eigenvalue weighted by molar-refractivity contribution is 0.392. The molecule has 0 amide bonds. The molecule has 0 spiro atoms. The normalized spacial score (nSPS) is 15.7. The van der Waals surface area contributed by atoms with Gasteiger partial charge < -0.3 is 10.2 Å². The second-order valence-corrected chi connectivity index (χ2v) is 6.71. The Balaban J connectivity index is 1.61. The van der Waals surface area contributed by atoms with Gasteiger partial charge in [0.2, 0.25) is 0 Å². The third kappa shape index (κ3) is 3.77. The predicted molar refractivity (Wildman–Crippen MR) is 98.0 cm³/mol. The van der Waals surface area contributed by atoms with Crippen LogP contribution in [0.2, 0.25) is 0 Å². The maximum atomic E-state index is 5.57. The number of benzene rings is 2. The summed E-state index contributed by atoms with van der Waals surface area (Å²) in [5, 5.41) is 6.99. The van der Waals surface area contributed by atoms with Gasteiger partial charge in [0.05, 0.1) is 0 Å². The summed E-state index contributed by atoms with van der Waals surface area (Å²) in [5.41, 5.74) is 1.30. The topological polar surface area (TPSA) is 15.3 Å². The van der Waals surface area contributed by atoms with Crippen molar-refractivity contribution in [3.05, 3.63) is 48.0 Å². The van der Waals surface area contributed by atoms with Crippen LogP contribution in [0.15, 0.2) is 42.5 Å². The minimum absolute atomic E-state index is 0.570. The maximum absolute atomic E-state index is 5.57. The van der Waals surface area contributed by atoms with Crippen LogP contribution >= 0.6 is 12.2 Å². The van der Waals surface area contributed by atoms with E-state index < -0.39 is 0 Å². The molecule has 1 fully saturated rings. The van der Waals surface area contributed by atoms with Crippen molar-refractivity contribution in [1.29, 1.82) is 0 Å². The van der Waals surface area contributed by atoms with E-state index in [1.165, 1.54) is 48.4 Å². The van der Waals surface area contributed by atoms with Gasteiger partial charge in [0, 0.05) is 19.6 Å². The van der Waals surface area contributed by atoms with Crippen molar-refractivity contribution in [1.82, 2.24) is 10.2 Å². The highest BCUT2D eigenvalue weighted by Gasteiger charge is 2.15. The summed E-state index contributed by atoms with van der Waals surface area (Å²) < 4.78 is 0. The molecule has 116 valence electrons. The van der Waals surface area contributed by atoms with E-state index in [2.05, 4.69) is 59.7 Å². The molecule has 0 saturated heterocycles. The van der Waals surface area contributed by atoms with Gasteiger partial charge in [0.15, 0.2) is 5.11 Å². The number of thiocarbonyl (C=S) groups is 1. The van der Waals surface area contributed by atoms with Crippen LogP contribution in [0.1, 0.15) is 37.7 Å². The standard InChI is InChI=1S/C19H24N2S/c1-21(19(22)20-18-9-3-2-4-10-18)14-15-11-12-16-7-5-6-8-17(16)13-15/h5-8,11-13,18H,2-4,9-10,14H2,1H3,(H,20,22). The Bertz CT molecular complexity index is 647. The first-order chi connectivity index (χ1) is 10.7. The van der Waals surface area contributed by atoms with Crippen LogP contribution in [-0.2, 0) is 6.54 Å². The maximum Gasteiger partial charge on any atom is 0.169 e. The van der Waals surface area contributed by atoms with E-state index in [4.69, 9.17) is 12.2 Å². The smallest absolute Gasteiger partial charge is 0.169 e. The van der Waals surface area contributed by atoms with Gasteiger partial charge in [-0.25, -0.2) is 0 Å². The van der Waals surface area contributed by atoms with Gasteiger partial charge in [-0.2, -0.15) is 0 Å². The van der Waals surface area contributed by atoms with Gasteiger partial charge in [0.25, 0.3) is 0 Å². The van der Waals surface area contributed by atoms with Crippen LogP contribution in [0.3, 0.4) is 0 Å². The Morgan fingerprint density at radius 3 is 2.59 bits per heavy atom. The molecule has 1 aliphatic rings. The number of nitrogens with zero attached hydrogens (tertiary/aromatic N) is 1. The molecule has 1 N–H and O–H groups in total. The van der Waals surface area contributed by atoms with Crippen LogP contribution < -0.4 is 5.32 Å². The lowest BCUT2D eigenvalue weighted by Gasteiger charge is -2.28. The van der Waals surface area contributed by atoms with Crippen LogP contribution in [0.4, 0.5) is 0 Å². The summed E-state index contributed by atoms with van der Waals surface area (Å²) in [5.74, 6) is 0. The largest absolute Gasteiger partial charge is 0.360 e. The Morgan fingerprint density at radius 1 is 1.09 bits per heavy atom. The van der Waals surface area contributed by atoms with Crippen molar-refractivity contribution < 1.29 is 0 Å². The molecule has 22 heavy (non-hydrogen) atoms. The molecule has 0 aliphatic heterocycles. The lowest BCUT2D eigenvalue weighted by atomic mass is 9.96. The average Bonchev–Trinajstić information content (AvgIpc) is 2.55. The number of hydrogen-bond acceptors (Lipinski definition) is 1. The molecule has 0 atom stereocenters. The molecule has 0 bridgehead atoms. The van der Waals surface area contributed by atoms with E-state index in [1.807, 2.05) is 0 Å². The van der Waals surface area contributed by atoms with E-state index >= 15 is 0 Å². The Hall–Kier alpha value is -1.61. The summed E-state index contributed by atoms with van der Waals surface area (Å²) >= 11 is 5.57. The zero-order chi connectivity index (χ0) is 15.4. The molecule has 3 rings (SSSR count). The molecule has 0 heterocycles. The van der Waals surface area contributed by atoms with E-state index in [9.17, 15) is 0 Å². The zero-order valence-electron chi connectivity index (χ0n) is 13.2. The van der Waals surface area contributed by atoms with E-state index in [-0.39, 0.29) is 0 Å². The highest BCUT2D eigenvalue weighted by atomic mass is 32.1. The summed E-state index contributed by atoms with van der Waals surface area (Å²) in [6, 6.07) is 15.7. The second kappa shape index (κ2) is 7.10. The molecule has 2 aromatic rings. The number of rotatable bonds is 3. The van der Waals surface area contributed by atoms with E-state index in [1.54, 1.807) is 0 Å². The third-order valence-corrected chi connectivity index (χ3v) is 4.94. The fraction of sp³-hybridized carbons (Fsp3) is 0.421. The molecule has 3 heteroatoms. The summed E-state index contributed by atoms with van der Waals surface area (Å²) in [6.45, 7) is 0.851. The molecule has 0 radical (unpaired) electrons. The molecule has 2 nitrogen and oxygen atoms in total. The minimum Gasteiger partial charge on any atom is -0.360 e. The van der Waals surface area contributed by atoms with Crippen molar-refractivity contribution in [2.75, 3.05) is 7.05 Å². The first-order valence-corrected chi connectivity index (χ1v) is 8.62. The molecular weight excluding hydrogens is 288 g/mol. The molecule has 0 unspecified atom stereocenters. The van der Waals surface area contributed by atoms with Gasteiger partial charge in [-0.05, 0) is 47.5 Å². The van der Waals surface area contributed by atoms with E-state index in [0.29, 0.717) is 6.04 Å². The fourth-order valence-electron chi connectivity index (χ4n) is 3.21. The van der Waals surface area contributed by atoms with Crippen molar-refractivity contribution in [2.24, 2.45) is 0 Å². The van der Waals surface area contributed by atoms with Gasteiger partial charge in [-0.3, -0.25) is 0 Å². The first kappa shape index (κ1) is 15.3. The highest BCUT2D eigenvalue weighted by molar-refractivity contribution is 7.80. The Kier molecular flexibility index (Phi) is 4.94. The predicted octanol–water partition coefficient (Wildman–Crippen LogP) is 4.48. The Morgan fingerprint density at radius 2 is 1.82 bits per heavy atom. The Labute approximate surface area is 138 Å². The van der Waals surface area contributed by atoms with Gasteiger partial charge >= 0.3 is 0 Å². The first-order valence-electron chi connectivity index (χ1n) is 8.22. The third-order valence-electron chi connectivity index (χ3n) is 4.51. The van der Waals surface area contributed by atoms with Crippen LogP contribution in [0.5, 0.6) is 0 Å². The minimum atomic E-state index is 0.570. The number of hydrogen-bond donors (Lipinski definition) is 1. The lowest BCUT2D eigenvalue weighted by Crippen LogP contribution is -2.43. The average molecular weight is 312 g/mol. The van der Waals surface area contributed by atoms with Gasteiger partial charge in [0.1, 0.15) is 0 Å². The second-order valence-electron chi connectivity index (χ2n) is 6.32. The molecule has 0 aromatic heterocycles. The summed E-state index contributed by atoms with van der Waals surface area (Å²) in [4.78, 5) is 2.15. The summed E-state index contributed by atoms with van der Waals surface area (Å²) in [6.07, 6.45) is 6.54. The molecular formula is C19H24N2S. The molecule has 1 aliphatic carbocycles.